The van der Waals surface area contributed by atoms with Gasteiger partial charge in [0.25, 0.3) is 0 Å². The molecule has 0 unspecified atom stereocenters. The normalized spacial score (nSPS) is 10.7. The second kappa shape index (κ2) is 4.09. The molecule has 2 N–H and O–H groups in total. The number of para-hydroxylation sites is 2. The number of rotatable bonds is 2. The summed E-state index contributed by atoms with van der Waals surface area (Å²) in [5.74, 6) is -1.03. The van der Waals surface area contributed by atoms with Gasteiger partial charge in [-0.1, -0.05) is 18.2 Å². The van der Waals surface area contributed by atoms with E-state index in [1.54, 1.807) is 30.3 Å². The Bertz CT molecular complexity index is 780. The minimum atomic E-state index is -1.06. The number of carboxylic acid groups (broad SMARTS) is 1. The third-order valence-corrected chi connectivity index (χ3v) is 2.74. The van der Waals surface area contributed by atoms with Crippen LogP contribution in [0.1, 0.15) is 10.4 Å². The molecule has 19 heavy (non-hydrogen) atoms. The molecule has 0 radical (unpaired) electrons. The fraction of sp³-hybridized carbons (Fsp3) is 0. The molecule has 3 aromatic rings. The van der Waals surface area contributed by atoms with Gasteiger partial charge in [-0.2, -0.15) is 0 Å². The van der Waals surface area contributed by atoms with Crippen molar-refractivity contribution in [3.63, 3.8) is 0 Å². The maximum atomic E-state index is 11.1. The van der Waals surface area contributed by atoms with Gasteiger partial charge in [-0.25, -0.2) is 4.79 Å². The summed E-state index contributed by atoms with van der Waals surface area (Å²) in [5.41, 5.74) is 1.23. The fourth-order valence-corrected chi connectivity index (χ4v) is 1.85. The predicted molar refractivity (Wildman–Crippen MR) is 67.5 cm³/mol. The second-order valence-electron chi connectivity index (χ2n) is 3.96. The van der Waals surface area contributed by atoms with Gasteiger partial charge in [-0.05, 0) is 24.3 Å². The van der Waals surface area contributed by atoms with E-state index in [1.807, 2.05) is 0 Å². The topological polar surface area (TPSA) is 88.2 Å². The first-order valence-electron chi connectivity index (χ1n) is 5.54. The summed E-state index contributed by atoms with van der Waals surface area (Å²) in [6.45, 7) is 0. The van der Waals surface area contributed by atoms with E-state index in [0.29, 0.717) is 16.7 Å². The Morgan fingerprint density at radius 1 is 1.05 bits per heavy atom. The highest BCUT2D eigenvalue weighted by atomic mass is 16.4. The Morgan fingerprint density at radius 2 is 1.84 bits per heavy atom. The lowest BCUT2D eigenvalue weighted by Crippen LogP contribution is -2.00. The van der Waals surface area contributed by atoms with Gasteiger partial charge in [0.2, 0.25) is 0 Å². The predicted octanol–water partition coefficient (Wildman–Crippen LogP) is 1.82. The van der Waals surface area contributed by atoms with E-state index in [-0.39, 0.29) is 11.3 Å². The van der Waals surface area contributed by atoms with Crippen molar-refractivity contribution >= 4 is 17.0 Å². The Morgan fingerprint density at radius 3 is 2.58 bits per heavy atom. The molecule has 0 aliphatic heterocycles. The number of aromatic hydroxyl groups is 1. The molecular formula is C13H9N3O3. The number of aromatic nitrogens is 3. The van der Waals surface area contributed by atoms with E-state index >= 15 is 0 Å². The van der Waals surface area contributed by atoms with Crippen LogP contribution in [0.3, 0.4) is 0 Å². The third kappa shape index (κ3) is 1.79. The lowest BCUT2D eigenvalue weighted by molar-refractivity contribution is 0.0699. The number of carboxylic acids is 1. The molecule has 0 spiro atoms. The Kier molecular flexibility index (Phi) is 2.42. The minimum Gasteiger partial charge on any atom is -0.506 e. The number of phenolic OH excluding ortho intramolecular Hbond substituents is 1. The fourth-order valence-electron chi connectivity index (χ4n) is 1.85. The van der Waals surface area contributed by atoms with Crippen molar-refractivity contribution in [3.05, 3.63) is 48.0 Å². The van der Waals surface area contributed by atoms with Crippen LogP contribution in [-0.4, -0.2) is 31.2 Å². The first-order chi connectivity index (χ1) is 9.16. The second-order valence-corrected chi connectivity index (χ2v) is 3.96. The van der Waals surface area contributed by atoms with Crippen LogP contribution in [-0.2, 0) is 0 Å². The molecule has 0 aliphatic carbocycles. The van der Waals surface area contributed by atoms with Gasteiger partial charge in [0, 0.05) is 0 Å². The van der Waals surface area contributed by atoms with Gasteiger partial charge >= 0.3 is 5.97 Å². The maximum Gasteiger partial charge on any atom is 0.338 e. The average molecular weight is 255 g/mol. The lowest BCUT2D eigenvalue weighted by Gasteiger charge is -2.00. The van der Waals surface area contributed by atoms with Crippen LogP contribution in [0.4, 0.5) is 0 Å². The third-order valence-electron chi connectivity index (χ3n) is 2.74. The van der Waals surface area contributed by atoms with E-state index < -0.39 is 5.97 Å². The average Bonchev–Trinajstić information content (AvgIpc) is 2.82. The van der Waals surface area contributed by atoms with Crippen LogP contribution in [0, 0.1) is 0 Å². The molecule has 1 aromatic heterocycles. The van der Waals surface area contributed by atoms with Gasteiger partial charge < -0.3 is 10.2 Å². The van der Waals surface area contributed by atoms with Crippen LogP contribution >= 0.6 is 0 Å². The first-order valence-corrected chi connectivity index (χ1v) is 5.54. The van der Waals surface area contributed by atoms with Crippen molar-refractivity contribution in [1.29, 1.82) is 0 Å². The zero-order valence-corrected chi connectivity index (χ0v) is 9.69. The molecule has 6 heteroatoms. The maximum absolute atomic E-state index is 11.1. The number of carbonyl (C=O) groups is 1. The molecule has 0 fully saturated rings. The Labute approximate surface area is 107 Å². The standard InChI is InChI=1S/C13H9N3O3/c17-11-7-2-1-6-10(11)16-14-9-5-3-4-8(13(18)19)12(9)15-16/h1-7,17H,(H,18,19). The molecular weight excluding hydrogens is 246 g/mol. The smallest absolute Gasteiger partial charge is 0.338 e. The summed E-state index contributed by atoms with van der Waals surface area (Å²) in [7, 11) is 0. The largest absolute Gasteiger partial charge is 0.506 e. The molecule has 6 nitrogen and oxygen atoms in total. The molecule has 0 bridgehead atoms. The van der Waals surface area contributed by atoms with Gasteiger partial charge in [0.15, 0.2) is 0 Å². The van der Waals surface area contributed by atoms with Crippen molar-refractivity contribution in [1.82, 2.24) is 15.0 Å². The molecule has 3 rings (SSSR count). The van der Waals surface area contributed by atoms with E-state index in [4.69, 9.17) is 5.11 Å². The number of aromatic carboxylic acids is 1. The van der Waals surface area contributed by atoms with Gasteiger partial charge in [0.1, 0.15) is 22.5 Å². The summed E-state index contributed by atoms with van der Waals surface area (Å²) in [5, 5.41) is 27.1. The summed E-state index contributed by atoms with van der Waals surface area (Å²) < 4.78 is 0. The zero-order valence-electron chi connectivity index (χ0n) is 9.69. The lowest BCUT2D eigenvalue weighted by atomic mass is 10.2. The number of nitrogens with zero attached hydrogens (tertiary/aromatic N) is 3. The summed E-state index contributed by atoms with van der Waals surface area (Å²) in [6.07, 6.45) is 0. The number of benzene rings is 2. The van der Waals surface area contributed by atoms with E-state index in [9.17, 15) is 9.90 Å². The monoisotopic (exact) mass is 255 g/mol. The van der Waals surface area contributed by atoms with Crippen molar-refractivity contribution < 1.29 is 15.0 Å². The van der Waals surface area contributed by atoms with Crippen LogP contribution in [0.5, 0.6) is 5.75 Å². The van der Waals surface area contributed by atoms with Crippen molar-refractivity contribution in [2.24, 2.45) is 0 Å². The molecule has 0 saturated carbocycles. The molecule has 0 saturated heterocycles. The molecule has 0 atom stereocenters. The minimum absolute atomic E-state index is 0.0275. The first kappa shape index (κ1) is 11.2. The van der Waals surface area contributed by atoms with Crippen LogP contribution in [0.25, 0.3) is 16.7 Å². The van der Waals surface area contributed by atoms with Crippen molar-refractivity contribution in [2.75, 3.05) is 0 Å². The van der Waals surface area contributed by atoms with Gasteiger partial charge in [-0.3, -0.25) is 0 Å². The molecule has 94 valence electrons. The van der Waals surface area contributed by atoms with Crippen molar-refractivity contribution in [2.45, 2.75) is 0 Å². The van der Waals surface area contributed by atoms with E-state index in [0.717, 1.165) is 0 Å². The quantitative estimate of drug-likeness (QED) is 0.729. The molecule has 0 amide bonds. The Hall–Kier alpha value is -2.89. The molecule has 0 aliphatic rings. The van der Waals surface area contributed by atoms with E-state index in [1.165, 1.54) is 16.9 Å². The number of hydrogen-bond acceptors (Lipinski definition) is 4. The highest BCUT2D eigenvalue weighted by molar-refractivity contribution is 6.00. The molecule has 1 heterocycles. The number of hydrogen-bond donors (Lipinski definition) is 2. The number of phenols is 1. The summed E-state index contributed by atoms with van der Waals surface area (Å²) >= 11 is 0. The molecule has 2 aromatic carbocycles. The van der Waals surface area contributed by atoms with E-state index in [2.05, 4.69) is 10.2 Å². The van der Waals surface area contributed by atoms with Gasteiger partial charge in [0.05, 0.1) is 5.56 Å². The van der Waals surface area contributed by atoms with Crippen LogP contribution < -0.4 is 0 Å². The number of fused-ring (bicyclic) bond motifs is 1. The van der Waals surface area contributed by atoms with Crippen LogP contribution in [0.2, 0.25) is 0 Å². The highest BCUT2D eigenvalue weighted by Gasteiger charge is 2.14. The van der Waals surface area contributed by atoms with Gasteiger partial charge in [-0.15, -0.1) is 15.0 Å². The van der Waals surface area contributed by atoms with Crippen LogP contribution in [0.15, 0.2) is 42.5 Å². The summed E-state index contributed by atoms with van der Waals surface area (Å²) in [4.78, 5) is 12.3. The highest BCUT2D eigenvalue weighted by Crippen LogP contribution is 2.22. The Balaban J connectivity index is 2.26. The van der Waals surface area contributed by atoms with Crippen molar-refractivity contribution in [3.8, 4) is 11.4 Å². The summed E-state index contributed by atoms with van der Waals surface area (Å²) in [6, 6.07) is 11.3. The zero-order chi connectivity index (χ0) is 13.4. The SMILES string of the molecule is O=C(O)c1cccc2nn(-c3ccccc3O)nc12.